The lowest BCUT2D eigenvalue weighted by molar-refractivity contribution is 0.0723. The van der Waals surface area contributed by atoms with Crippen LogP contribution in [0.5, 0.6) is 0 Å². The molecule has 7 heteroatoms. The van der Waals surface area contributed by atoms with Crippen molar-refractivity contribution < 1.29 is 4.79 Å². The fourth-order valence-corrected chi connectivity index (χ4v) is 3.99. The minimum Gasteiger partial charge on any atom is -0.327 e. The third-order valence-corrected chi connectivity index (χ3v) is 5.56. The quantitative estimate of drug-likeness (QED) is 0.896. The number of hydrogen-bond acceptors (Lipinski definition) is 5. The maximum absolute atomic E-state index is 12.9. The second kappa shape index (κ2) is 7.23. The Hall–Kier alpha value is -2.54. The summed E-state index contributed by atoms with van der Waals surface area (Å²) in [6.45, 7) is 6.47. The van der Waals surface area contributed by atoms with Crippen LogP contribution < -0.4 is 5.56 Å². The minimum atomic E-state index is -0.194. The summed E-state index contributed by atoms with van der Waals surface area (Å²) in [5.74, 6) is 0.503. The van der Waals surface area contributed by atoms with Crippen molar-refractivity contribution in [2.45, 2.75) is 51.7 Å². The molecule has 0 bridgehead atoms. The molecule has 27 heavy (non-hydrogen) atoms. The number of H-pyrrole nitrogens is 1. The molecule has 0 aromatic carbocycles. The van der Waals surface area contributed by atoms with Crippen molar-refractivity contribution >= 4 is 5.91 Å². The molecule has 1 N–H and O–H groups in total. The zero-order chi connectivity index (χ0) is 19.0. The first-order chi connectivity index (χ1) is 13.0. The number of fused-ring (bicyclic) bond motifs is 1. The summed E-state index contributed by atoms with van der Waals surface area (Å²) in [6.07, 6.45) is 4.09. The van der Waals surface area contributed by atoms with E-state index in [1.165, 1.54) is 0 Å². The van der Waals surface area contributed by atoms with E-state index >= 15 is 0 Å². The third-order valence-electron chi connectivity index (χ3n) is 5.56. The second-order valence-corrected chi connectivity index (χ2v) is 7.56. The van der Waals surface area contributed by atoms with Crippen molar-refractivity contribution in [1.82, 2.24) is 24.8 Å². The first-order valence-electron chi connectivity index (χ1n) is 9.62. The summed E-state index contributed by atoms with van der Waals surface area (Å²) in [6, 6.07) is 5.53. The van der Waals surface area contributed by atoms with E-state index in [4.69, 9.17) is 4.98 Å². The fourth-order valence-electron chi connectivity index (χ4n) is 3.99. The SMILES string of the molecule is CC(C)N1CCc2nc([C@@H]3CCCN3C(=O)c3ccccn3)[nH]c(=O)c2C1. The van der Waals surface area contributed by atoms with Gasteiger partial charge in [0.05, 0.1) is 17.3 Å². The largest absolute Gasteiger partial charge is 0.327 e. The lowest BCUT2D eigenvalue weighted by atomic mass is 10.0. The summed E-state index contributed by atoms with van der Waals surface area (Å²) in [7, 11) is 0. The van der Waals surface area contributed by atoms with Gasteiger partial charge in [0.2, 0.25) is 0 Å². The number of carbonyl (C=O) groups excluding carboxylic acids is 1. The molecule has 4 rings (SSSR count). The van der Waals surface area contributed by atoms with Gasteiger partial charge in [-0.15, -0.1) is 0 Å². The average Bonchev–Trinajstić information content (AvgIpc) is 3.17. The molecule has 0 saturated carbocycles. The first kappa shape index (κ1) is 17.9. The van der Waals surface area contributed by atoms with Gasteiger partial charge in [-0.25, -0.2) is 4.98 Å². The highest BCUT2D eigenvalue weighted by atomic mass is 16.2. The highest BCUT2D eigenvalue weighted by Crippen LogP contribution is 2.31. The van der Waals surface area contributed by atoms with Gasteiger partial charge in [-0.05, 0) is 38.8 Å². The number of likely N-dealkylation sites (tertiary alicyclic amines) is 1. The maximum Gasteiger partial charge on any atom is 0.273 e. The predicted octanol–water partition coefficient (Wildman–Crippen LogP) is 1.91. The molecule has 7 nitrogen and oxygen atoms in total. The molecular weight excluding hydrogens is 342 g/mol. The molecule has 142 valence electrons. The molecular formula is C20H25N5O2. The number of aromatic nitrogens is 3. The van der Waals surface area contributed by atoms with Crippen LogP contribution in [-0.2, 0) is 13.0 Å². The summed E-state index contributed by atoms with van der Waals surface area (Å²) in [5, 5.41) is 0. The molecule has 0 spiro atoms. The van der Waals surface area contributed by atoms with Gasteiger partial charge < -0.3 is 9.88 Å². The number of aromatic amines is 1. The van der Waals surface area contributed by atoms with Gasteiger partial charge in [0, 0.05) is 38.3 Å². The molecule has 1 saturated heterocycles. The van der Waals surface area contributed by atoms with Gasteiger partial charge in [0.1, 0.15) is 11.5 Å². The van der Waals surface area contributed by atoms with Crippen LogP contribution in [0.25, 0.3) is 0 Å². The van der Waals surface area contributed by atoms with Crippen molar-refractivity contribution in [2.24, 2.45) is 0 Å². The number of carbonyl (C=O) groups is 1. The molecule has 2 aliphatic heterocycles. The fraction of sp³-hybridized carbons (Fsp3) is 0.500. The Kier molecular flexibility index (Phi) is 4.78. The lowest BCUT2D eigenvalue weighted by Gasteiger charge is -2.31. The Morgan fingerprint density at radius 3 is 2.89 bits per heavy atom. The first-order valence-corrected chi connectivity index (χ1v) is 9.62. The Labute approximate surface area is 158 Å². The van der Waals surface area contributed by atoms with Crippen LogP contribution in [0.15, 0.2) is 29.2 Å². The Bertz CT molecular complexity index is 893. The van der Waals surface area contributed by atoms with Crippen molar-refractivity contribution in [3.63, 3.8) is 0 Å². The second-order valence-electron chi connectivity index (χ2n) is 7.56. The van der Waals surface area contributed by atoms with E-state index in [0.717, 1.165) is 37.1 Å². The highest BCUT2D eigenvalue weighted by molar-refractivity contribution is 5.92. The number of pyridine rings is 1. The molecule has 1 amide bonds. The van der Waals surface area contributed by atoms with E-state index < -0.39 is 0 Å². The van der Waals surface area contributed by atoms with E-state index in [1.807, 2.05) is 6.07 Å². The molecule has 2 aromatic rings. The molecule has 2 aliphatic rings. The van der Waals surface area contributed by atoms with Crippen LogP contribution in [0.1, 0.15) is 60.3 Å². The smallest absolute Gasteiger partial charge is 0.273 e. The minimum absolute atomic E-state index is 0.0718. The summed E-state index contributed by atoms with van der Waals surface area (Å²) in [4.78, 5) is 41.6. The highest BCUT2D eigenvalue weighted by Gasteiger charge is 2.34. The van der Waals surface area contributed by atoms with E-state index in [2.05, 4.69) is 28.7 Å². The monoisotopic (exact) mass is 367 g/mol. The van der Waals surface area contributed by atoms with Crippen LogP contribution in [0, 0.1) is 0 Å². The Morgan fingerprint density at radius 2 is 2.15 bits per heavy atom. The maximum atomic E-state index is 12.9. The van der Waals surface area contributed by atoms with Crippen LogP contribution in [0.2, 0.25) is 0 Å². The van der Waals surface area contributed by atoms with Crippen LogP contribution >= 0.6 is 0 Å². The van der Waals surface area contributed by atoms with E-state index in [9.17, 15) is 9.59 Å². The molecule has 2 aromatic heterocycles. The standard InChI is InChI=1S/C20H25N5O2/c1-13(2)24-11-8-15-14(12-24)19(26)23-18(22-15)17-7-5-10-25(17)20(27)16-6-3-4-9-21-16/h3-4,6,9,13,17H,5,7-8,10-12H2,1-2H3,(H,22,23,26)/t17-/m0/s1. The Balaban J connectivity index is 1.63. The third kappa shape index (κ3) is 3.39. The topological polar surface area (TPSA) is 82.2 Å². The number of amides is 1. The van der Waals surface area contributed by atoms with Crippen molar-refractivity contribution in [3.8, 4) is 0 Å². The number of nitrogens with zero attached hydrogens (tertiary/aromatic N) is 4. The molecule has 1 fully saturated rings. The average molecular weight is 367 g/mol. The normalized spacial score (nSPS) is 20.1. The Morgan fingerprint density at radius 1 is 1.30 bits per heavy atom. The zero-order valence-corrected chi connectivity index (χ0v) is 15.8. The molecule has 0 radical (unpaired) electrons. The van der Waals surface area contributed by atoms with E-state index in [0.29, 0.717) is 30.6 Å². The van der Waals surface area contributed by atoms with Gasteiger partial charge in [-0.1, -0.05) is 6.07 Å². The van der Waals surface area contributed by atoms with Gasteiger partial charge in [0.25, 0.3) is 11.5 Å². The van der Waals surface area contributed by atoms with Crippen LogP contribution in [-0.4, -0.2) is 49.8 Å². The predicted molar refractivity (Wildman–Crippen MR) is 101 cm³/mol. The van der Waals surface area contributed by atoms with Gasteiger partial charge in [0.15, 0.2) is 0 Å². The zero-order valence-electron chi connectivity index (χ0n) is 15.8. The van der Waals surface area contributed by atoms with Crippen molar-refractivity contribution in [1.29, 1.82) is 0 Å². The van der Waals surface area contributed by atoms with Crippen LogP contribution in [0.4, 0.5) is 0 Å². The number of nitrogens with one attached hydrogen (secondary N) is 1. The summed E-state index contributed by atoms with van der Waals surface area (Å²) < 4.78 is 0. The lowest BCUT2D eigenvalue weighted by Crippen LogP contribution is -2.40. The summed E-state index contributed by atoms with van der Waals surface area (Å²) >= 11 is 0. The van der Waals surface area contributed by atoms with Crippen LogP contribution in [0.3, 0.4) is 0 Å². The molecule has 1 atom stereocenters. The van der Waals surface area contributed by atoms with E-state index in [1.54, 1.807) is 23.2 Å². The van der Waals surface area contributed by atoms with Gasteiger partial charge >= 0.3 is 0 Å². The molecule has 0 aliphatic carbocycles. The number of rotatable bonds is 3. The van der Waals surface area contributed by atoms with Crippen molar-refractivity contribution in [3.05, 3.63) is 57.5 Å². The van der Waals surface area contributed by atoms with Gasteiger partial charge in [-0.3, -0.25) is 19.5 Å². The molecule has 4 heterocycles. The van der Waals surface area contributed by atoms with Crippen molar-refractivity contribution in [2.75, 3.05) is 13.1 Å². The van der Waals surface area contributed by atoms with Gasteiger partial charge in [-0.2, -0.15) is 0 Å². The molecule has 0 unspecified atom stereocenters. The van der Waals surface area contributed by atoms with E-state index in [-0.39, 0.29) is 17.5 Å². The summed E-state index contributed by atoms with van der Waals surface area (Å²) in [5.41, 5.74) is 2.00. The number of hydrogen-bond donors (Lipinski definition) is 1.